The van der Waals surface area contributed by atoms with Crippen LogP contribution in [-0.4, -0.2) is 33.3 Å². The van der Waals surface area contributed by atoms with E-state index < -0.39 is 0 Å². The van der Waals surface area contributed by atoms with Crippen LogP contribution in [0.4, 0.5) is 0 Å². The van der Waals surface area contributed by atoms with Crippen molar-refractivity contribution in [3.8, 4) is 0 Å². The summed E-state index contributed by atoms with van der Waals surface area (Å²) in [5.74, 6) is 1.36. The van der Waals surface area contributed by atoms with Gasteiger partial charge in [0.2, 0.25) is 10.7 Å². The van der Waals surface area contributed by atoms with Gasteiger partial charge in [-0.05, 0) is 31.0 Å². The highest BCUT2D eigenvalue weighted by atomic mass is 32.1. The summed E-state index contributed by atoms with van der Waals surface area (Å²) in [6.07, 6.45) is 3.40. The largest absolute Gasteiger partial charge is 0.370 e. The lowest BCUT2D eigenvalue weighted by molar-refractivity contribution is -0.929. The number of quaternary nitrogens is 1. The Kier molecular flexibility index (Phi) is 4.93. The Morgan fingerprint density at radius 1 is 1.50 bits per heavy atom. The number of rotatable bonds is 5. The second kappa shape index (κ2) is 6.49. The number of aromatic nitrogens is 3. The SMILES string of the molecule is CC1CC[NH+](Cn2nc(CCC(N)=O)n(C)c2=S)CC1. The fourth-order valence-electron chi connectivity index (χ4n) is 2.63. The highest BCUT2D eigenvalue weighted by molar-refractivity contribution is 7.71. The molecule has 1 amide bonds. The van der Waals surface area contributed by atoms with Crippen molar-refractivity contribution < 1.29 is 9.69 Å². The molecule has 0 spiro atoms. The Labute approximate surface area is 124 Å². The summed E-state index contributed by atoms with van der Waals surface area (Å²) in [5.41, 5.74) is 5.18. The standard InChI is InChI=1S/C13H23N5OS/c1-10-5-7-17(8-6-10)9-18-13(20)16(2)12(15-18)4-3-11(14)19/h10H,3-9H2,1-2H3,(H2,14,19)/p+1. The van der Waals surface area contributed by atoms with Gasteiger partial charge in [0, 0.05) is 19.9 Å². The number of carbonyl (C=O) groups is 1. The summed E-state index contributed by atoms with van der Waals surface area (Å²) in [5, 5.41) is 4.54. The lowest BCUT2D eigenvalue weighted by Crippen LogP contribution is -3.12. The van der Waals surface area contributed by atoms with Gasteiger partial charge in [0.25, 0.3) is 0 Å². The third-order valence-corrected chi connectivity index (χ3v) is 4.57. The van der Waals surface area contributed by atoms with E-state index in [4.69, 9.17) is 18.0 Å². The Hall–Kier alpha value is -1.21. The van der Waals surface area contributed by atoms with Gasteiger partial charge in [-0.15, -0.1) is 0 Å². The van der Waals surface area contributed by atoms with E-state index in [-0.39, 0.29) is 5.91 Å². The molecule has 0 radical (unpaired) electrons. The quantitative estimate of drug-likeness (QED) is 0.730. The number of hydrogen-bond donors (Lipinski definition) is 2. The van der Waals surface area contributed by atoms with Crippen molar-refractivity contribution in [1.82, 2.24) is 14.3 Å². The summed E-state index contributed by atoms with van der Waals surface area (Å²) < 4.78 is 4.48. The predicted octanol–water partition coefficient (Wildman–Crippen LogP) is -0.359. The first-order chi connectivity index (χ1) is 9.47. The molecule has 3 N–H and O–H groups in total. The van der Waals surface area contributed by atoms with Crippen LogP contribution in [-0.2, 0) is 24.9 Å². The molecule has 0 atom stereocenters. The van der Waals surface area contributed by atoms with Gasteiger partial charge >= 0.3 is 0 Å². The van der Waals surface area contributed by atoms with Gasteiger partial charge in [-0.2, -0.15) is 9.78 Å². The van der Waals surface area contributed by atoms with Crippen LogP contribution in [0.1, 0.15) is 32.0 Å². The molecule has 112 valence electrons. The summed E-state index contributed by atoms with van der Waals surface area (Å²) in [7, 11) is 1.90. The first-order valence-corrected chi connectivity index (χ1v) is 7.62. The molecular weight excluding hydrogens is 274 g/mol. The average molecular weight is 298 g/mol. The molecule has 7 heteroatoms. The predicted molar refractivity (Wildman–Crippen MR) is 78.6 cm³/mol. The lowest BCUT2D eigenvalue weighted by Gasteiger charge is -2.26. The minimum atomic E-state index is -0.305. The van der Waals surface area contributed by atoms with Gasteiger partial charge in [0.1, 0.15) is 5.82 Å². The third-order valence-electron chi connectivity index (χ3n) is 4.08. The van der Waals surface area contributed by atoms with Gasteiger partial charge in [-0.1, -0.05) is 6.92 Å². The van der Waals surface area contributed by atoms with Crippen molar-refractivity contribution in [3.63, 3.8) is 0 Å². The molecule has 1 aromatic rings. The van der Waals surface area contributed by atoms with Gasteiger partial charge in [-0.3, -0.25) is 4.79 Å². The monoisotopic (exact) mass is 298 g/mol. The second-order valence-corrected chi connectivity index (χ2v) is 6.18. The van der Waals surface area contributed by atoms with Crippen LogP contribution in [0.2, 0.25) is 0 Å². The zero-order chi connectivity index (χ0) is 14.7. The average Bonchev–Trinajstić information content (AvgIpc) is 2.67. The number of aryl methyl sites for hydroxylation is 1. The fraction of sp³-hybridized carbons (Fsp3) is 0.769. The Bertz CT molecular complexity index is 527. The Morgan fingerprint density at radius 2 is 2.15 bits per heavy atom. The van der Waals surface area contributed by atoms with Crippen LogP contribution in [0.15, 0.2) is 0 Å². The molecule has 6 nitrogen and oxygen atoms in total. The Morgan fingerprint density at radius 3 is 2.75 bits per heavy atom. The smallest absolute Gasteiger partial charge is 0.217 e. The van der Waals surface area contributed by atoms with E-state index in [1.54, 1.807) is 0 Å². The molecule has 1 aromatic heterocycles. The molecule has 2 heterocycles. The third kappa shape index (κ3) is 3.67. The maximum atomic E-state index is 10.9. The summed E-state index contributed by atoms with van der Waals surface area (Å²) in [4.78, 5) is 12.4. The number of amides is 1. The van der Waals surface area contributed by atoms with Crippen LogP contribution < -0.4 is 10.6 Å². The molecule has 0 unspecified atom stereocenters. The van der Waals surface area contributed by atoms with Crippen LogP contribution in [0.3, 0.4) is 0 Å². The minimum absolute atomic E-state index is 0.305. The topological polar surface area (TPSA) is 70.3 Å². The van der Waals surface area contributed by atoms with Crippen LogP contribution >= 0.6 is 12.2 Å². The van der Waals surface area contributed by atoms with Crippen molar-refractivity contribution in [1.29, 1.82) is 0 Å². The first kappa shape index (κ1) is 15.2. The minimum Gasteiger partial charge on any atom is -0.370 e. The molecule has 1 aliphatic heterocycles. The van der Waals surface area contributed by atoms with Crippen molar-refractivity contribution in [2.45, 2.75) is 39.3 Å². The summed E-state index contributed by atoms with van der Waals surface area (Å²) in [6, 6.07) is 0. The number of nitrogens with zero attached hydrogens (tertiary/aromatic N) is 3. The molecule has 1 fully saturated rings. The van der Waals surface area contributed by atoms with E-state index in [0.29, 0.717) is 12.8 Å². The number of piperidine rings is 1. The molecule has 0 saturated carbocycles. The van der Waals surface area contributed by atoms with Crippen molar-refractivity contribution in [2.75, 3.05) is 13.1 Å². The molecule has 0 bridgehead atoms. The van der Waals surface area contributed by atoms with E-state index in [1.807, 2.05) is 16.3 Å². The zero-order valence-corrected chi connectivity index (χ0v) is 13.1. The van der Waals surface area contributed by atoms with Gasteiger partial charge in [0.05, 0.1) is 13.1 Å². The summed E-state index contributed by atoms with van der Waals surface area (Å²) >= 11 is 5.42. The van der Waals surface area contributed by atoms with Crippen LogP contribution in [0.5, 0.6) is 0 Å². The van der Waals surface area contributed by atoms with E-state index in [9.17, 15) is 4.79 Å². The molecular formula is C13H24N5OS+. The molecule has 0 aliphatic carbocycles. The normalized spacial score (nSPS) is 22.9. The number of nitrogens with two attached hydrogens (primary N) is 1. The van der Waals surface area contributed by atoms with Crippen molar-refractivity contribution in [2.24, 2.45) is 18.7 Å². The highest BCUT2D eigenvalue weighted by Crippen LogP contribution is 2.07. The van der Waals surface area contributed by atoms with Gasteiger partial charge in [-0.25, -0.2) is 0 Å². The van der Waals surface area contributed by atoms with Crippen molar-refractivity contribution in [3.05, 3.63) is 10.6 Å². The number of hydrogen-bond acceptors (Lipinski definition) is 3. The number of nitrogens with one attached hydrogen (secondary N) is 1. The van der Waals surface area contributed by atoms with Gasteiger partial charge in [0.15, 0.2) is 6.67 Å². The van der Waals surface area contributed by atoms with Crippen LogP contribution in [0.25, 0.3) is 0 Å². The molecule has 2 rings (SSSR count). The number of carbonyl (C=O) groups excluding carboxylic acids is 1. The molecule has 1 saturated heterocycles. The second-order valence-electron chi connectivity index (χ2n) is 5.81. The maximum absolute atomic E-state index is 10.9. The molecule has 0 aromatic carbocycles. The first-order valence-electron chi connectivity index (χ1n) is 7.22. The van der Waals surface area contributed by atoms with E-state index >= 15 is 0 Å². The molecule has 1 aliphatic rings. The zero-order valence-electron chi connectivity index (χ0n) is 12.3. The highest BCUT2D eigenvalue weighted by Gasteiger charge is 2.20. The van der Waals surface area contributed by atoms with E-state index in [1.165, 1.54) is 30.8 Å². The lowest BCUT2D eigenvalue weighted by atomic mass is 10.00. The van der Waals surface area contributed by atoms with Gasteiger partial charge < -0.3 is 15.2 Å². The fourth-order valence-corrected chi connectivity index (χ4v) is 2.84. The van der Waals surface area contributed by atoms with Crippen molar-refractivity contribution >= 4 is 18.1 Å². The van der Waals surface area contributed by atoms with Crippen LogP contribution in [0, 0.1) is 10.7 Å². The number of primary amides is 1. The summed E-state index contributed by atoms with van der Waals surface area (Å²) in [6.45, 7) is 5.48. The Balaban J connectivity index is 2.03. The maximum Gasteiger partial charge on any atom is 0.217 e. The number of likely N-dealkylation sites (tertiary alicyclic amines) is 1. The molecule has 20 heavy (non-hydrogen) atoms. The van der Waals surface area contributed by atoms with E-state index in [2.05, 4.69) is 12.0 Å². The van der Waals surface area contributed by atoms with E-state index in [0.717, 1.165) is 23.2 Å².